The van der Waals surface area contributed by atoms with Gasteiger partial charge in [-0.05, 0) is 37.0 Å². The molecule has 1 aliphatic rings. The Balaban J connectivity index is 1.33. The minimum Gasteiger partial charge on any atom is -0.365 e. The fraction of sp³-hybridized carbons (Fsp3) is 0.333. The van der Waals surface area contributed by atoms with Gasteiger partial charge in [-0.3, -0.25) is 4.79 Å². The maximum absolute atomic E-state index is 14.5. The minimum atomic E-state index is -0.742. The summed E-state index contributed by atoms with van der Waals surface area (Å²) in [6, 6.07) is 1.63. The second-order valence-electron chi connectivity index (χ2n) is 8.18. The fourth-order valence-electron chi connectivity index (χ4n) is 4.21. The van der Waals surface area contributed by atoms with Gasteiger partial charge < -0.3 is 15.6 Å². The molecule has 176 valence electrons. The number of rotatable bonds is 5. The second kappa shape index (κ2) is 8.72. The van der Waals surface area contributed by atoms with E-state index in [2.05, 4.69) is 41.0 Å². The lowest BCUT2D eigenvalue weighted by Gasteiger charge is -2.30. The number of tetrazole rings is 1. The molecular formula is C21H20F3N9O. The Kier molecular flexibility index (Phi) is 5.59. The van der Waals surface area contributed by atoms with Crippen molar-refractivity contribution in [3.8, 4) is 11.4 Å². The molecule has 5 rings (SSSR count). The lowest BCUT2D eigenvalue weighted by atomic mass is 9.91. The van der Waals surface area contributed by atoms with Crippen molar-refractivity contribution in [2.24, 2.45) is 7.05 Å². The van der Waals surface area contributed by atoms with Crippen LogP contribution in [0.5, 0.6) is 0 Å². The van der Waals surface area contributed by atoms with Gasteiger partial charge in [-0.15, -0.1) is 10.2 Å². The molecular weight excluding hydrogens is 451 g/mol. The number of carbonyl (C=O) groups excluding carboxylic acids is 1. The molecule has 0 bridgehead atoms. The summed E-state index contributed by atoms with van der Waals surface area (Å²) in [5, 5.41) is 17.5. The van der Waals surface area contributed by atoms with Crippen LogP contribution in [0.4, 0.5) is 19.0 Å². The van der Waals surface area contributed by atoms with Gasteiger partial charge in [-0.2, -0.15) is 4.80 Å². The van der Waals surface area contributed by atoms with E-state index < -0.39 is 23.4 Å². The number of aryl methyl sites for hydroxylation is 1. The number of amides is 1. The Hall–Kier alpha value is -4.03. The molecule has 34 heavy (non-hydrogen) atoms. The molecule has 3 heterocycles. The number of aromatic amines is 1. The number of carbonyl (C=O) groups is 1. The lowest BCUT2D eigenvalue weighted by molar-refractivity contribution is 0.0915. The topological polar surface area (TPSA) is 126 Å². The summed E-state index contributed by atoms with van der Waals surface area (Å²) in [6.07, 6.45) is 5.31. The van der Waals surface area contributed by atoms with Gasteiger partial charge >= 0.3 is 0 Å². The van der Waals surface area contributed by atoms with Gasteiger partial charge in [0.15, 0.2) is 17.5 Å². The van der Waals surface area contributed by atoms with Gasteiger partial charge in [0.05, 0.1) is 18.8 Å². The standard InChI is InChI=1S/C21H20F3N9O/c1-33-31-20(30-32-33)21(34)28-12-4-2-3-11(7-12)27-19-16(24)9-26-18(29-19)14-8-25-17-13(14)5-10(22)6-15(17)23/h5-6,8-9,11-12,25H,2-4,7H2,1H3,(H,28,34)(H,26,27,29)/t11-,12+/m0/s1. The third-order valence-electron chi connectivity index (χ3n) is 5.75. The molecule has 0 aliphatic heterocycles. The number of H-pyrrole nitrogens is 1. The first-order chi connectivity index (χ1) is 16.4. The van der Waals surface area contributed by atoms with Crippen molar-refractivity contribution < 1.29 is 18.0 Å². The van der Waals surface area contributed by atoms with E-state index in [1.54, 1.807) is 7.05 Å². The van der Waals surface area contributed by atoms with Crippen LogP contribution >= 0.6 is 0 Å². The minimum absolute atomic E-state index is 0.0179. The van der Waals surface area contributed by atoms with Crippen LogP contribution in [0.2, 0.25) is 0 Å². The molecule has 0 saturated heterocycles. The second-order valence-corrected chi connectivity index (χ2v) is 8.18. The average molecular weight is 471 g/mol. The van der Waals surface area contributed by atoms with E-state index in [1.807, 2.05) is 0 Å². The Morgan fingerprint density at radius 1 is 1.18 bits per heavy atom. The highest BCUT2D eigenvalue weighted by molar-refractivity contribution is 5.94. The van der Waals surface area contributed by atoms with Crippen molar-refractivity contribution in [1.29, 1.82) is 0 Å². The van der Waals surface area contributed by atoms with Crippen LogP contribution in [0, 0.1) is 17.5 Å². The molecule has 1 fully saturated rings. The van der Waals surface area contributed by atoms with Crippen molar-refractivity contribution in [2.75, 3.05) is 5.32 Å². The molecule has 0 unspecified atom stereocenters. The summed E-state index contributed by atoms with van der Waals surface area (Å²) >= 11 is 0. The first kappa shape index (κ1) is 21.8. The molecule has 10 nitrogen and oxygen atoms in total. The molecule has 1 aromatic carbocycles. The molecule has 0 radical (unpaired) electrons. The zero-order valence-corrected chi connectivity index (χ0v) is 18.0. The Morgan fingerprint density at radius 2 is 2.00 bits per heavy atom. The van der Waals surface area contributed by atoms with Crippen LogP contribution in [-0.4, -0.2) is 53.2 Å². The molecule has 4 aromatic rings. The summed E-state index contributed by atoms with van der Waals surface area (Å²) in [4.78, 5) is 24.6. The molecule has 3 N–H and O–H groups in total. The van der Waals surface area contributed by atoms with Gasteiger partial charge in [0, 0.05) is 35.3 Å². The van der Waals surface area contributed by atoms with Gasteiger partial charge in [-0.1, -0.05) is 0 Å². The number of nitrogens with one attached hydrogen (secondary N) is 3. The van der Waals surface area contributed by atoms with Gasteiger partial charge in [0.1, 0.15) is 11.6 Å². The van der Waals surface area contributed by atoms with Gasteiger partial charge in [0.25, 0.3) is 11.7 Å². The van der Waals surface area contributed by atoms with Crippen molar-refractivity contribution in [2.45, 2.75) is 37.8 Å². The average Bonchev–Trinajstić information content (AvgIpc) is 3.42. The van der Waals surface area contributed by atoms with Crippen LogP contribution in [0.25, 0.3) is 22.3 Å². The van der Waals surface area contributed by atoms with Crippen LogP contribution in [0.15, 0.2) is 24.5 Å². The summed E-state index contributed by atoms with van der Waals surface area (Å²) in [5.74, 6) is -2.48. The fourth-order valence-corrected chi connectivity index (χ4v) is 4.21. The van der Waals surface area contributed by atoms with E-state index in [1.165, 1.54) is 17.1 Å². The number of anilines is 1. The molecule has 3 aromatic heterocycles. The summed E-state index contributed by atoms with van der Waals surface area (Å²) in [6.45, 7) is 0. The highest BCUT2D eigenvalue weighted by Crippen LogP contribution is 2.30. The van der Waals surface area contributed by atoms with Crippen molar-refractivity contribution in [3.05, 3.63) is 47.8 Å². The molecule has 1 amide bonds. The van der Waals surface area contributed by atoms with Crippen molar-refractivity contribution >= 4 is 22.6 Å². The van der Waals surface area contributed by atoms with E-state index in [0.717, 1.165) is 31.5 Å². The summed E-state index contributed by atoms with van der Waals surface area (Å²) in [7, 11) is 1.57. The van der Waals surface area contributed by atoms with E-state index in [9.17, 15) is 18.0 Å². The SMILES string of the molecule is Cn1nnc(C(=O)N[C@@H]2CCC[C@H](Nc3nc(-c4c[nH]c5c(F)cc(F)cc45)ncc3F)C2)n1. The number of nitrogens with zero attached hydrogens (tertiary/aromatic N) is 6. The third-order valence-corrected chi connectivity index (χ3v) is 5.75. The predicted octanol–water partition coefficient (Wildman–Crippen LogP) is 2.72. The van der Waals surface area contributed by atoms with Crippen LogP contribution in [0.3, 0.4) is 0 Å². The van der Waals surface area contributed by atoms with E-state index in [0.29, 0.717) is 12.0 Å². The van der Waals surface area contributed by atoms with Gasteiger partial charge in [0.2, 0.25) is 0 Å². The number of fused-ring (bicyclic) bond motifs is 1. The predicted molar refractivity (Wildman–Crippen MR) is 115 cm³/mol. The first-order valence-corrected chi connectivity index (χ1v) is 10.7. The zero-order valence-electron chi connectivity index (χ0n) is 18.0. The van der Waals surface area contributed by atoms with Crippen LogP contribution in [0.1, 0.15) is 36.3 Å². The number of halogens is 3. The maximum atomic E-state index is 14.5. The number of aromatic nitrogens is 7. The monoisotopic (exact) mass is 471 g/mol. The lowest BCUT2D eigenvalue weighted by Crippen LogP contribution is -2.42. The summed E-state index contributed by atoms with van der Waals surface area (Å²) < 4.78 is 42.3. The number of hydrogen-bond acceptors (Lipinski definition) is 7. The molecule has 0 spiro atoms. The normalized spacial score (nSPS) is 18.2. The van der Waals surface area contributed by atoms with E-state index >= 15 is 0 Å². The smallest absolute Gasteiger partial charge is 0.293 e. The van der Waals surface area contributed by atoms with E-state index in [-0.39, 0.29) is 40.5 Å². The third kappa shape index (κ3) is 4.28. The van der Waals surface area contributed by atoms with Crippen LogP contribution < -0.4 is 10.6 Å². The van der Waals surface area contributed by atoms with Gasteiger partial charge in [-0.25, -0.2) is 23.1 Å². The Bertz CT molecular complexity index is 1370. The molecule has 1 aliphatic carbocycles. The zero-order chi connectivity index (χ0) is 23.8. The molecule has 13 heteroatoms. The first-order valence-electron chi connectivity index (χ1n) is 10.7. The number of hydrogen-bond donors (Lipinski definition) is 3. The van der Waals surface area contributed by atoms with Crippen LogP contribution in [-0.2, 0) is 7.05 Å². The highest BCUT2D eigenvalue weighted by atomic mass is 19.1. The molecule has 1 saturated carbocycles. The summed E-state index contributed by atoms with van der Waals surface area (Å²) in [5.41, 5.74) is 0.462. The highest BCUT2D eigenvalue weighted by Gasteiger charge is 2.26. The Labute approximate surface area is 191 Å². The van der Waals surface area contributed by atoms with Crippen molar-refractivity contribution in [1.82, 2.24) is 40.5 Å². The quantitative estimate of drug-likeness (QED) is 0.409. The van der Waals surface area contributed by atoms with Crippen molar-refractivity contribution in [3.63, 3.8) is 0 Å². The van der Waals surface area contributed by atoms with E-state index in [4.69, 9.17) is 0 Å². The Morgan fingerprint density at radius 3 is 2.79 bits per heavy atom. The maximum Gasteiger partial charge on any atom is 0.293 e. The number of benzene rings is 1. The molecule has 2 atom stereocenters. The largest absolute Gasteiger partial charge is 0.365 e.